The van der Waals surface area contributed by atoms with E-state index in [1.165, 1.54) is 31.0 Å². The lowest BCUT2D eigenvalue weighted by molar-refractivity contribution is -0.130. The summed E-state index contributed by atoms with van der Waals surface area (Å²) >= 11 is 7.34. The number of carbonyl (C=O) groups is 2. The molecule has 0 saturated carbocycles. The number of fused-ring (bicyclic) bond motifs is 1. The average Bonchev–Trinajstić information content (AvgIpc) is 2.80. The lowest BCUT2D eigenvalue weighted by Gasteiger charge is -2.43. The molecule has 33 heavy (non-hydrogen) atoms. The normalized spacial score (nSPS) is 22.9. The van der Waals surface area contributed by atoms with Gasteiger partial charge in [0.1, 0.15) is 17.1 Å². The van der Waals surface area contributed by atoms with Gasteiger partial charge in [0, 0.05) is 30.7 Å². The van der Waals surface area contributed by atoms with Crippen LogP contribution in [0.25, 0.3) is 0 Å². The highest BCUT2D eigenvalue weighted by Gasteiger charge is 2.40. The molecule has 176 valence electrons. The van der Waals surface area contributed by atoms with Crippen LogP contribution in [0.5, 0.6) is 5.75 Å². The fraction of sp³-hybridized carbons (Fsp3) is 0.391. The molecule has 2 amide bonds. The molecule has 2 heterocycles. The number of amides is 2. The third kappa shape index (κ3) is 6.17. The SMILES string of the molecule is COc1ccc(Cl)cc1NC(=O)CSC1NC(=O)C2CN(Cc3ccc(F)cc3)CCC2N1. The van der Waals surface area contributed by atoms with Crippen molar-refractivity contribution in [3.05, 3.63) is 58.9 Å². The smallest absolute Gasteiger partial charge is 0.234 e. The van der Waals surface area contributed by atoms with E-state index in [0.29, 0.717) is 29.5 Å². The van der Waals surface area contributed by atoms with E-state index in [0.717, 1.165) is 18.5 Å². The molecule has 0 aromatic heterocycles. The van der Waals surface area contributed by atoms with E-state index in [2.05, 4.69) is 20.9 Å². The topological polar surface area (TPSA) is 82.7 Å². The predicted octanol–water partition coefficient (Wildman–Crippen LogP) is 3.05. The number of nitrogens with one attached hydrogen (secondary N) is 3. The first-order valence-corrected chi connectivity index (χ1v) is 12.1. The fourth-order valence-electron chi connectivity index (χ4n) is 4.16. The van der Waals surface area contributed by atoms with Crippen molar-refractivity contribution in [3.8, 4) is 5.75 Å². The number of hydrogen-bond donors (Lipinski definition) is 3. The van der Waals surface area contributed by atoms with Crippen molar-refractivity contribution in [3.63, 3.8) is 0 Å². The number of nitrogens with zero attached hydrogens (tertiary/aromatic N) is 1. The number of hydrogen-bond acceptors (Lipinski definition) is 6. The number of rotatable bonds is 7. The van der Waals surface area contributed by atoms with Crippen molar-refractivity contribution in [2.45, 2.75) is 24.5 Å². The Labute approximate surface area is 201 Å². The molecule has 10 heteroatoms. The number of ether oxygens (including phenoxy) is 1. The summed E-state index contributed by atoms with van der Waals surface area (Å²) in [6, 6.07) is 11.5. The zero-order chi connectivity index (χ0) is 23.4. The summed E-state index contributed by atoms with van der Waals surface area (Å²) in [5.41, 5.74) is 1.19. The van der Waals surface area contributed by atoms with Crippen LogP contribution in [0.2, 0.25) is 5.02 Å². The second-order valence-electron chi connectivity index (χ2n) is 8.12. The second-order valence-corrected chi connectivity index (χ2v) is 9.65. The summed E-state index contributed by atoms with van der Waals surface area (Å²) < 4.78 is 18.4. The number of benzene rings is 2. The van der Waals surface area contributed by atoms with Crippen molar-refractivity contribution in [1.82, 2.24) is 15.5 Å². The summed E-state index contributed by atoms with van der Waals surface area (Å²) in [6.07, 6.45) is 0.822. The highest BCUT2D eigenvalue weighted by molar-refractivity contribution is 8.00. The first kappa shape index (κ1) is 23.8. The molecule has 2 aromatic rings. The molecule has 0 bridgehead atoms. The van der Waals surface area contributed by atoms with E-state index < -0.39 is 0 Å². The van der Waals surface area contributed by atoms with Crippen LogP contribution in [-0.4, -0.2) is 54.2 Å². The predicted molar refractivity (Wildman–Crippen MR) is 128 cm³/mol. The quantitative estimate of drug-likeness (QED) is 0.551. The number of thioether (sulfide) groups is 1. The number of likely N-dealkylation sites (tertiary alicyclic amines) is 1. The summed E-state index contributed by atoms with van der Waals surface area (Å²) in [5, 5.41) is 9.73. The van der Waals surface area contributed by atoms with Gasteiger partial charge in [0.25, 0.3) is 0 Å². The summed E-state index contributed by atoms with van der Waals surface area (Å²) in [6.45, 7) is 2.15. The molecular weight excluding hydrogens is 467 g/mol. The molecule has 4 rings (SSSR count). The monoisotopic (exact) mass is 492 g/mol. The molecule has 2 fully saturated rings. The van der Waals surface area contributed by atoms with Gasteiger partial charge in [-0.05, 0) is 42.3 Å². The fourth-order valence-corrected chi connectivity index (χ4v) is 5.19. The number of halogens is 2. The van der Waals surface area contributed by atoms with Crippen LogP contribution in [0.15, 0.2) is 42.5 Å². The molecule has 3 atom stereocenters. The zero-order valence-electron chi connectivity index (χ0n) is 18.1. The van der Waals surface area contributed by atoms with Crippen molar-refractivity contribution < 1.29 is 18.7 Å². The highest BCUT2D eigenvalue weighted by Crippen LogP contribution is 2.28. The molecular formula is C23H26ClFN4O3S. The summed E-state index contributed by atoms with van der Waals surface area (Å²) in [4.78, 5) is 27.4. The number of methoxy groups -OCH3 is 1. The molecule has 2 aliphatic heterocycles. The van der Waals surface area contributed by atoms with E-state index in [-0.39, 0.29) is 40.8 Å². The van der Waals surface area contributed by atoms with Crippen LogP contribution in [0.4, 0.5) is 10.1 Å². The number of anilines is 1. The van der Waals surface area contributed by atoms with Gasteiger partial charge in [-0.2, -0.15) is 0 Å². The Bertz CT molecular complexity index is 1010. The molecule has 0 radical (unpaired) electrons. The minimum Gasteiger partial charge on any atom is -0.495 e. The molecule has 0 spiro atoms. The van der Waals surface area contributed by atoms with E-state index >= 15 is 0 Å². The highest BCUT2D eigenvalue weighted by atomic mass is 35.5. The maximum Gasteiger partial charge on any atom is 0.234 e. The average molecular weight is 493 g/mol. The van der Waals surface area contributed by atoms with E-state index in [1.54, 1.807) is 30.3 Å². The number of carbonyl (C=O) groups excluding carboxylic acids is 2. The Morgan fingerprint density at radius 2 is 2.09 bits per heavy atom. The van der Waals surface area contributed by atoms with E-state index in [4.69, 9.17) is 16.3 Å². The van der Waals surface area contributed by atoms with Crippen molar-refractivity contribution in [1.29, 1.82) is 0 Å². The maximum atomic E-state index is 13.1. The van der Waals surface area contributed by atoms with Crippen LogP contribution in [0.3, 0.4) is 0 Å². The molecule has 0 aliphatic carbocycles. The van der Waals surface area contributed by atoms with Crippen LogP contribution >= 0.6 is 23.4 Å². The van der Waals surface area contributed by atoms with E-state index in [1.807, 2.05) is 0 Å². The van der Waals surface area contributed by atoms with Crippen LogP contribution in [0.1, 0.15) is 12.0 Å². The zero-order valence-corrected chi connectivity index (χ0v) is 19.7. The molecule has 2 aromatic carbocycles. The largest absolute Gasteiger partial charge is 0.495 e. The Morgan fingerprint density at radius 1 is 1.30 bits per heavy atom. The summed E-state index contributed by atoms with van der Waals surface area (Å²) in [5.74, 6) is 0.0292. The summed E-state index contributed by atoms with van der Waals surface area (Å²) in [7, 11) is 1.52. The Hall–Kier alpha value is -2.33. The van der Waals surface area contributed by atoms with Gasteiger partial charge in [0.2, 0.25) is 11.8 Å². The molecule has 3 N–H and O–H groups in total. The van der Waals surface area contributed by atoms with Gasteiger partial charge < -0.3 is 15.4 Å². The van der Waals surface area contributed by atoms with Crippen LogP contribution in [-0.2, 0) is 16.1 Å². The lowest BCUT2D eigenvalue weighted by Crippen LogP contribution is -2.64. The van der Waals surface area contributed by atoms with Crippen LogP contribution < -0.4 is 20.7 Å². The van der Waals surface area contributed by atoms with Gasteiger partial charge in [0.05, 0.1) is 24.5 Å². The third-order valence-corrected chi connectivity index (χ3v) is 7.06. The van der Waals surface area contributed by atoms with Gasteiger partial charge >= 0.3 is 0 Å². The van der Waals surface area contributed by atoms with Crippen molar-refractivity contribution in [2.24, 2.45) is 5.92 Å². The lowest BCUT2D eigenvalue weighted by atomic mass is 9.89. The Morgan fingerprint density at radius 3 is 2.85 bits per heavy atom. The first-order valence-electron chi connectivity index (χ1n) is 10.7. The second kappa shape index (κ2) is 10.7. The van der Waals surface area contributed by atoms with Crippen LogP contribution in [0, 0.1) is 11.7 Å². The maximum absolute atomic E-state index is 13.1. The Balaban J connectivity index is 1.26. The standard InChI is InChI=1S/C23H26ClFN4O3S/c1-32-20-7-4-15(24)10-19(20)26-21(30)13-33-23-27-18-8-9-29(12-17(18)22(31)28-23)11-14-2-5-16(25)6-3-14/h2-7,10,17-18,23,27H,8-9,11-13H2,1H3,(H,26,30)(H,28,31). The molecule has 2 saturated heterocycles. The minimum atomic E-state index is -0.339. The number of piperidine rings is 1. The van der Waals surface area contributed by atoms with E-state index in [9.17, 15) is 14.0 Å². The first-order chi connectivity index (χ1) is 15.9. The van der Waals surface area contributed by atoms with Gasteiger partial charge in [0.15, 0.2) is 0 Å². The molecule has 2 aliphatic rings. The minimum absolute atomic E-state index is 0.0167. The van der Waals surface area contributed by atoms with Crippen molar-refractivity contribution >= 4 is 40.9 Å². The van der Waals surface area contributed by atoms with Gasteiger partial charge in [-0.25, -0.2) is 4.39 Å². The molecule has 7 nitrogen and oxygen atoms in total. The molecule has 3 unspecified atom stereocenters. The van der Waals surface area contributed by atoms with Gasteiger partial charge in [-0.1, -0.05) is 23.7 Å². The van der Waals surface area contributed by atoms with Crippen molar-refractivity contribution in [2.75, 3.05) is 31.3 Å². The third-order valence-electron chi connectivity index (χ3n) is 5.81. The Kier molecular flexibility index (Phi) is 7.75. The van der Waals surface area contributed by atoms with Gasteiger partial charge in [-0.15, -0.1) is 11.8 Å². The van der Waals surface area contributed by atoms with Gasteiger partial charge in [-0.3, -0.25) is 19.8 Å².